The highest BCUT2D eigenvalue weighted by atomic mass is 16.3. The Hall–Kier alpha value is -0.530. The van der Waals surface area contributed by atoms with Crippen LogP contribution >= 0.6 is 0 Å². The van der Waals surface area contributed by atoms with Crippen molar-refractivity contribution in [3.8, 4) is 0 Å². The summed E-state index contributed by atoms with van der Waals surface area (Å²) in [5.74, 6) is 3.83. The van der Waals surface area contributed by atoms with Crippen molar-refractivity contribution in [3.63, 3.8) is 0 Å². The van der Waals surface area contributed by atoms with Crippen molar-refractivity contribution in [2.45, 2.75) is 92.9 Å². The molecular weight excluding hydrogens is 284 g/mol. The van der Waals surface area contributed by atoms with Crippen LogP contribution in [0, 0.1) is 34.5 Å². The van der Waals surface area contributed by atoms with Crippen LogP contribution in [0.2, 0.25) is 0 Å². The number of carboxylic acid groups (broad SMARTS) is 1. The monoisotopic (exact) mass is 324 g/mol. The van der Waals surface area contributed by atoms with E-state index in [9.17, 15) is 0 Å². The molecule has 2 aliphatic carbocycles. The molecule has 5 atom stereocenters. The molecule has 0 aromatic heterocycles. The predicted molar refractivity (Wildman–Crippen MR) is 98.5 cm³/mol. The first-order chi connectivity index (χ1) is 10.7. The predicted octanol–water partition coefficient (Wildman–Crippen LogP) is 6.39. The van der Waals surface area contributed by atoms with Crippen molar-refractivity contribution in [2.24, 2.45) is 34.5 Å². The summed E-state index contributed by atoms with van der Waals surface area (Å²) in [7, 11) is 0. The Morgan fingerprint density at radius 3 is 2.39 bits per heavy atom. The Bertz CT molecular complexity index is 363. The van der Waals surface area contributed by atoms with Crippen molar-refractivity contribution in [1.82, 2.24) is 0 Å². The van der Waals surface area contributed by atoms with Gasteiger partial charge in [0.05, 0.1) is 0 Å². The standard InChI is InChI=1S/C20H38.CH2O2/c1-7-15(2)9-11-17-16(3)10-12-18-19(4,5)13-8-14-20(17,18)6;2-1-3/h15-18H,7-14H2,1-6H3;1H,(H,2,3)/t15-,16+,17+,18+,20-;/m1./s1. The molecule has 0 aromatic rings. The molecular formula is C21H40O2. The maximum absolute atomic E-state index is 8.36. The van der Waals surface area contributed by atoms with Crippen molar-refractivity contribution in [1.29, 1.82) is 0 Å². The number of hydrogen-bond acceptors (Lipinski definition) is 1. The fourth-order valence-corrected chi connectivity index (χ4v) is 5.89. The lowest BCUT2D eigenvalue weighted by molar-refractivity contribution is -0.122. The fraction of sp³-hybridized carbons (Fsp3) is 0.952. The molecule has 1 N–H and O–H groups in total. The van der Waals surface area contributed by atoms with Crippen molar-refractivity contribution in [2.75, 3.05) is 0 Å². The normalized spacial score (nSPS) is 37.0. The second-order valence-corrected chi connectivity index (χ2v) is 9.26. The minimum atomic E-state index is -0.250. The summed E-state index contributed by atoms with van der Waals surface area (Å²) in [4.78, 5) is 8.36. The summed E-state index contributed by atoms with van der Waals surface area (Å²) in [6.45, 7) is 14.9. The minimum absolute atomic E-state index is 0.250. The van der Waals surface area contributed by atoms with Crippen LogP contribution in [0.4, 0.5) is 0 Å². The lowest BCUT2D eigenvalue weighted by Gasteiger charge is -2.59. The number of fused-ring (bicyclic) bond motifs is 1. The first-order valence-electron chi connectivity index (χ1n) is 9.80. The molecule has 0 spiro atoms. The molecule has 0 aliphatic heterocycles. The Morgan fingerprint density at radius 2 is 1.83 bits per heavy atom. The minimum Gasteiger partial charge on any atom is -0.483 e. The van der Waals surface area contributed by atoms with Gasteiger partial charge in [0.15, 0.2) is 0 Å². The third kappa shape index (κ3) is 4.73. The summed E-state index contributed by atoms with van der Waals surface area (Å²) < 4.78 is 0. The van der Waals surface area contributed by atoms with Crippen LogP contribution in [0.25, 0.3) is 0 Å². The Labute approximate surface area is 144 Å². The SMILES string of the molecule is CC[C@@H](C)CC[C@H]1[C@@H](C)CC[C@H]2C(C)(C)CCC[C@]12C.O=CO. The zero-order chi connectivity index (χ0) is 17.7. The Kier molecular flexibility index (Phi) is 7.61. The highest BCUT2D eigenvalue weighted by Crippen LogP contribution is 2.62. The number of rotatable bonds is 4. The summed E-state index contributed by atoms with van der Waals surface area (Å²) in [6, 6.07) is 0. The molecule has 2 nitrogen and oxygen atoms in total. The summed E-state index contributed by atoms with van der Waals surface area (Å²) in [5.41, 5.74) is 1.22. The zero-order valence-electron chi connectivity index (χ0n) is 16.4. The van der Waals surface area contributed by atoms with Crippen molar-refractivity contribution >= 4 is 6.47 Å². The second-order valence-electron chi connectivity index (χ2n) is 9.26. The van der Waals surface area contributed by atoms with E-state index in [0.29, 0.717) is 10.8 Å². The van der Waals surface area contributed by atoms with E-state index in [4.69, 9.17) is 9.90 Å². The van der Waals surface area contributed by atoms with Crippen LogP contribution in [0.15, 0.2) is 0 Å². The Morgan fingerprint density at radius 1 is 1.22 bits per heavy atom. The molecule has 2 rings (SSSR count). The molecule has 0 aromatic carbocycles. The van der Waals surface area contributed by atoms with Gasteiger partial charge >= 0.3 is 0 Å². The molecule has 2 heteroatoms. The van der Waals surface area contributed by atoms with E-state index in [1.54, 1.807) is 0 Å². The molecule has 2 saturated carbocycles. The van der Waals surface area contributed by atoms with Crippen LogP contribution in [0.3, 0.4) is 0 Å². The molecule has 0 bridgehead atoms. The van der Waals surface area contributed by atoms with Crippen molar-refractivity contribution < 1.29 is 9.90 Å². The average molecular weight is 325 g/mol. The molecule has 0 radical (unpaired) electrons. The van der Waals surface area contributed by atoms with E-state index >= 15 is 0 Å². The van der Waals surface area contributed by atoms with Gasteiger partial charge in [-0.1, -0.05) is 67.2 Å². The Balaban J connectivity index is 0.000000816. The molecule has 2 fully saturated rings. The quantitative estimate of drug-likeness (QED) is 0.608. The van der Waals surface area contributed by atoms with Crippen LogP contribution in [-0.2, 0) is 4.79 Å². The van der Waals surface area contributed by atoms with E-state index in [1.807, 2.05) is 0 Å². The van der Waals surface area contributed by atoms with Crippen LogP contribution < -0.4 is 0 Å². The maximum atomic E-state index is 8.36. The third-order valence-corrected chi connectivity index (χ3v) is 7.39. The van der Waals surface area contributed by atoms with Gasteiger partial charge in [0.25, 0.3) is 6.47 Å². The number of hydrogen-bond donors (Lipinski definition) is 1. The second kappa shape index (κ2) is 8.53. The molecule has 136 valence electrons. The van der Waals surface area contributed by atoms with E-state index in [2.05, 4.69) is 41.5 Å². The maximum Gasteiger partial charge on any atom is 0.290 e. The first kappa shape index (κ1) is 20.5. The average Bonchev–Trinajstić information content (AvgIpc) is 2.46. The van der Waals surface area contributed by atoms with Gasteiger partial charge in [-0.05, 0) is 60.2 Å². The van der Waals surface area contributed by atoms with Gasteiger partial charge in [0, 0.05) is 0 Å². The summed E-state index contributed by atoms with van der Waals surface area (Å²) in [6.07, 6.45) is 11.7. The highest BCUT2D eigenvalue weighted by molar-refractivity contribution is 5.32. The molecule has 2 aliphatic rings. The van der Waals surface area contributed by atoms with Gasteiger partial charge in [0.2, 0.25) is 0 Å². The van der Waals surface area contributed by atoms with Gasteiger partial charge in [-0.2, -0.15) is 0 Å². The third-order valence-electron chi connectivity index (χ3n) is 7.39. The molecule has 0 heterocycles. The van der Waals surface area contributed by atoms with Crippen molar-refractivity contribution in [3.05, 3.63) is 0 Å². The van der Waals surface area contributed by atoms with E-state index in [0.717, 1.165) is 23.7 Å². The van der Waals surface area contributed by atoms with E-state index < -0.39 is 0 Å². The van der Waals surface area contributed by atoms with Crippen LogP contribution in [-0.4, -0.2) is 11.6 Å². The number of carbonyl (C=O) groups is 1. The lowest BCUT2D eigenvalue weighted by atomic mass is 9.46. The van der Waals surface area contributed by atoms with Gasteiger partial charge in [-0.25, -0.2) is 0 Å². The molecule has 0 saturated heterocycles. The molecule has 0 amide bonds. The summed E-state index contributed by atoms with van der Waals surface area (Å²) in [5, 5.41) is 6.89. The zero-order valence-corrected chi connectivity index (χ0v) is 16.4. The van der Waals surface area contributed by atoms with Gasteiger partial charge in [0.1, 0.15) is 0 Å². The van der Waals surface area contributed by atoms with E-state index in [1.165, 1.54) is 51.4 Å². The summed E-state index contributed by atoms with van der Waals surface area (Å²) >= 11 is 0. The van der Waals surface area contributed by atoms with Crippen LogP contribution in [0.1, 0.15) is 92.9 Å². The van der Waals surface area contributed by atoms with Gasteiger partial charge in [-0.3, -0.25) is 4.79 Å². The van der Waals surface area contributed by atoms with Gasteiger partial charge in [-0.15, -0.1) is 0 Å². The van der Waals surface area contributed by atoms with Crippen LogP contribution in [0.5, 0.6) is 0 Å². The molecule has 23 heavy (non-hydrogen) atoms. The first-order valence-corrected chi connectivity index (χ1v) is 9.80. The van der Waals surface area contributed by atoms with Gasteiger partial charge < -0.3 is 5.11 Å². The topological polar surface area (TPSA) is 37.3 Å². The largest absolute Gasteiger partial charge is 0.483 e. The fourth-order valence-electron chi connectivity index (χ4n) is 5.89. The lowest BCUT2D eigenvalue weighted by Crippen LogP contribution is -2.51. The van der Waals surface area contributed by atoms with E-state index in [-0.39, 0.29) is 6.47 Å². The highest BCUT2D eigenvalue weighted by Gasteiger charge is 2.53. The smallest absolute Gasteiger partial charge is 0.290 e. The molecule has 0 unspecified atom stereocenters.